The van der Waals surface area contributed by atoms with Crippen molar-refractivity contribution < 1.29 is 14.4 Å². The number of nitrogens with zero attached hydrogens (tertiary/aromatic N) is 2. The van der Waals surface area contributed by atoms with Gasteiger partial charge in [-0.25, -0.2) is 4.79 Å². The van der Waals surface area contributed by atoms with Crippen LogP contribution in [0.15, 0.2) is 0 Å². The number of likely N-dealkylation sites (tertiary alicyclic amines) is 1. The number of nitrogens with one attached hydrogen (secondary N) is 1. The third-order valence-electron chi connectivity index (χ3n) is 3.69. The summed E-state index contributed by atoms with van der Waals surface area (Å²) in [7, 11) is 0. The number of rotatable bonds is 3. The molecule has 0 aliphatic carbocycles. The van der Waals surface area contributed by atoms with Crippen molar-refractivity contribution in [2.45, 2.75) is 38.3 Å². The van der Waals surface area contributed by atoms with Gasteiger partial charge < -0.3 is 16.0 Å². The predicted octanol–water partition coefficient (Wildman–Crippen LogP) is -0.733. The molecule has 2 aliphatic heterocycles. The monoisotopic (exact) mass is 268 g/mol. The van der Waals surface area contributed by atoms with Gasteiger partial charge in [0.15, 0.2) is 0 Å². The molecule has 106 valence electrons. The van der Waals surface area contributed by atoms with Gasteiger partial charge in [0, 0.05) is 25.6 Å². The van der Waals surface area contributed by atoms with Gasteiger partial charge in [0.2, 0.25) is 5.91 Å². The van der Waals surface area contributed by atoms with E-state index in [4.69, 9.17) is 5.73 Å². The molecule has 2 rings (SSSR count). The van der Waals surface area contributed by atoms with Crippen molar-refractivity contribution in [2.24, 2.45) is 5.73 Å². The Balaban J connectivity index is 2.13. The van der Waals surface area contributed by atoms with E-state index in [9.17, 15) is 14.4 Å². The normalized spacial score (nSPS) is 26.7. The van der Waals surface area contributed by atoms with Crippen LogP contribution in [0.3, 0.4) is 0 Å². The van der Waals surface area contributed by atoms with Crippen LogP contribution in [0.2, 0.25) is 0 Å². The van der Waals surface area contributed by atoms with Gasteiger partial charge in [0.1, 0.15) is 5.54 Å². The van der Waals surface area contributed by atoms with E-state index < -0.39 is 5.54 Å². The Morgan fingerprint density at radius 3 is 2.68 bits per heavy atom. The number of imide groups is 1. The molecule has 2 heterocycles. The maximum atomic E-state index is 12.4. The van der Waals surface area contributed by atoms with Gasteiger partial charge in [-0.3, -0.25) is 14.5 Å². The molecule has 2 aliphatic rings. The number of hydrogen-bond donors (Lipinski definition) is 2. The van der Waals surface area contributed by atoms with Gasteiger partial charge in [-0.05, 0) is 20.3 Å². The van der Waals surface area contributed by atoms with Crippen LogP contribution in [0, 0.1) is 0 Å². The molecule has 7 nitrogen and oxygen atoms in total. The van der Waals surface area contributed by atoms with E-state index in [1.165, 1.54) is 4.90 Å². The second kappa shape index (κ2) is 4.80. The first kappa shape index (κ1) is 13.8. The summed E-state index contributed by atoms with van der Waals surface area (Å²) in [5, 5.41) is 2.75. The lowest BCUT2D eigenvalue weighted by atomic mass is 9.98. The smallest absolute Gasteiger partial charge is 0.325 e. The minimum atomic E-state index is -0.925. The van der Waals surface area contributed by atoms with Crippen LogP contribution in [-0.2, 0) is 9.59 Å². The Labute approximate surface area is 112 Å². The molecule has 2 saturated heterocycles. The van der Waals surface area contributed by atoms with Crippen LogP contribution in [0.1, 0.15) is 26.7 Å². The quantitative estimate of drug-likeness (QED) is 0.659. The van der Waals surface area contributed by atoms with Gasteiger partial charge in [0.25, 0.3) is 5.91 Å². The van der Waals surface area contributed by atoms with E-state index in [0.717, 1.165) is 0 Å². The lowest BCUT2D eigenvalue weighted by Gasteiger charge is -2.23. The SMILES string of the molecule is CC(C)N1C(=O)NC2(CCN(C(=O)CCN)C2)C1=O. The molecule has 19 heavy (non-hydrogen) atoms. The first-order valence-corrected chi connectivity index (χ1v) is 6.55. The zero-order chi connectivity index (χ0) is 14.2. The van der Waals surface area contributed by atoms with E-state index in [1.54, 1.807) is 18.7 Å². The maximum absolute atomic E-state index is 12.4. The molecule has 3 N–H and O–H groups in total. The van der Waals surface area contributed by atoms with E-state index in [1.807, 2.05) is 0 Å². The Morgan fingerprint density at radius 2 is 2.16 bits per heavy atom. The number of carbonyl (C=O) groups is 3. The molecule has 4 amide bonds. The van der Waals surface area contributed by atoms with Crippen molar-refractivity contribution in [1.29, 1.82) is 0 Å². The fourth-order valence-electron chi connectivity index (χ4n) is 2.69. The summed E-state index contributed by atoms with van der Waals surface area (Å²) in [5.74, 6) is -0.292. The van der Waals surface area contributed by atoms with Gasteiger partial charge in [0.05, 0.1) is 6.54 Å². The van der Waals surface area contributed by atoms with E-state index in [-0.39, 0.29) is 36.9 Å². The molecule has 0 radical (unpaired) electrons. The van der Waals surface area contributed by atoms with Crippen LogP contribution < -0.4 is 11.1 Å². The fraction of sp³-hybridized carbons (Fsp3) is 0.750. The summed E-state index contributed by atoms with van der Waals surface area (Å²) in [4.78, 5) is 38.9. The van der Waals surface area contributed by atoms with Crippen molar-refractivity contribution in [3.05, 3.63) is 0 Å². The number of carbonyl (C=O) groups excluding carboxylic acids is 3. The Bertz CT molecular complexity index is 423. The number of nitrogens with two attached hydrogens (primary N) is 1. The Morgan fingerprint density at radius 1 is 1.47 bits per heavy atom. The van der Waals surface area contributed by atoms with Crippen LogP contribution in [-0.4, -0.2) is 58.9 Å². The summed E-state index contributed by atoms with van der Waals surface area (Å²) in [6.45, 7) is 4.61. The first-order valence-electron chi connectivity index (χ1n) is 6.55. The summed E-state index contributed by atoms with van der Waals surface area (Å²) >= 11 is 0. The fourth-order valence-corrected chi connectivity index (χ4v) is 2.69. The minimum Gasteiger partial charge on any atom is -0.340 e. The largest absolute Gasteiger partial charge is 0.340 e. The summed E-state index contributed by atoms with van der Waals surface area (Å²) < 4.78 is 0. The molecular formula is C12H20N4O3. The van der Waals surface area contributed by atoms with Crippen LogP contribution in [0.5, 0.6) is 0 Å². The van der Waals surface area contributed by atoms with Crippen LogP contribution in [0.25, 0.3) is 0 Å². The lowest BCUT2D eigenvalue weighted by molar-refractivity contribution is -0.133. The van der Waals surface area contributed by atoms with Crippen molar-refractivity contribution in [3.63, 3.8) is 0 Å². The van der Waals surface area contributed by atoms with Gasteiger partial charge in [-0.2, -0.15) is 0 Å². The highest BCUT2D eigenvalue weighted by atomic mass is 16.2. The third kappa shape index (κ3) is 2.18. The van der Waals surface area contributed by atoms with Crippen molar-refractivity contribution in [2.75, 3.05) is 19.6 Å². The van der Waals surface area contributed by atoms with E-state index >= 15 is 0 Å². The highest BCUT2D eigenvalue weighted by molar-refractivity contribution is 6.08. The molecule has 1 atom stereocenters. The van der Waals surface area contributed by atoms with Gasteiger partial charge >= 0.3 is 6.03 Å². The van der Waals surface area contributed by atoms with Gasteiger partial charge in [-0.15, -0.1) is 0 Å². The van der Waals surface area contributed by atoms with E-state index in [2.05, 4.69) is 5.32 Å². The topological polar surface area (TPSA) is 95.7 Å². The van der Waals surface area contributed by atoms with Crippen molar-refractivity contribution >= 4 is 17.8 Å². The number of amides is 4. The summed E-state index contributed by atoms with van der Waals surface area (Å²) in [6, 6.07) is -0.547. The molecule has 0 bridgehead atoms. The third-order valence-corrected chi connectivity index (χ3v) is 3.69. The number of urea groups is 1. The first-order chi connectivity index (χ1) is 8.91. The molecule has 0 aromatic carbocycles. The zero-order valence-electron chi connectivity index (χ0n) is 11.3. The summed E-state index contributed by atoms with van der Waals surface area (Å²) in [5.41, 5.74) is 4.44. The zero-order valence-corrected chi connectivity index (χ0v) is 11.3. The second-order valence-electron chi connectivity index (χ2n) is 5.39. The molecular weight excluding hydrogens is 248 g/mol. The molecule has 0 aromatic rings. The average molecular weight is 268 g/mol. The van der Waals surface area contributed by atoms with Crippen molar-refractivity contribution in [3.8, 4) is 0 Å². The Hall–Kier alpha value is -1.63. The number of hydrogen-bond acceptors (Lipinski definition) is 4. The molecule has 2 fully saturated rings. The van der Waals surface area contributed by atoms with Crippen molar-refractivity contribution in [1.82, 2.24) is 15.1 Å². The maximum Gasteiger partial charge on any atom is 0.325 e. The predicted molar refractivity (Wildman–Crippen MR) is 68.1 cm³/mol. The average Bonchev–Trinajstić information content (AvgIpc) is 2.83. The van der Waals surface area contributed by atoms with Gasteiger partial charge in [-0.1, -0.05) is 0 Å². The minimum absolute atomic E-state index is 0.0654. The second-order valence-corrected chi connectivity index (χ2v) is 5.39. The van der Waals surface area contributed by atoms with Crippen LogP contribution >= 0.6 is 0 Å². The van der Waals surface area contributed by atoms with Crippen LogP contribution in [0.4, 0.5) is 4.79 Å². The molecule has 1 unspecified atom stereocenters. The summed E-state index contributed by atoms with van der Waals surface area (Å²) in [6.07, 6.45) is 0.739. The molecule has 0 aromatic heterocycles. The molecule has 1 spiro atoms. The molecule has 0 saturated carbocycles. The highest BCUT2D eigenvalue weighted by Gasteiger charge is 2.55. The Kier molecular flexibility index (Phi) is 3.49. The highest BCUT2D eigenvalue weighted by Crippen LogP contribution is 2.29. The lowest BCUT2D eigenvalue weighted by Crippen LogP contribution is -2.50. The standard InChI is InChI=1S/C12H20N4O3/c1-8(2)16-10(18)12(14-11(16)19)4-6-15(7-12)9(17)3-5-13/h8H,3-7,13H2,1-2H3,(H,14,19). The van der Waals surface area contributed by atoms with E-state index in [0.29, 0.717) is 19.5 Å². The molecule has 7 heteroatoms.